The fraction of sp³-hybridized carbons (Fsp3) is 0.611. The number of likely N-dealkylation sites (N-methyl/N-ethyl adjacent to an activating group) is 1. The largest absolute Gasteiger partial charge is 0.349 e. The third-order valence-corrected chi connectivity index (χ3v) is 5.53. The van der Waals surface area contributed by atoms with Crippen LogP contribution in [0.1, 0.15) is 24.8 Å². The van der Waals surface area contributed by atoms with Crippen molar-refractivity contribution in [1.29, 1.82) is 0 Å². The molecular formula is C18H24Cl2N2O3. The molecule has 1 amide bonds. The van der Waals surface area contributed by atoms with Gasteiger partial charge in [0.05, 0.1) is 35.8 Å². The predicted octanol–water partition coefficient (Wildman–Crippen LogP) is 3.18. The van der Waals surface area contributed by atoms with Gasteiger partial charge in [-0.05, 0) is 37.1 Å². The van der Waals surface area contributed by atoms with Crippen molar-refractivity contribution >= 4 is 29.1 Å². The van der Waals surface area contributed by atoms with E-state index >= 15 is 0 Å². The fourth-order valence-electron chi connectivity index (χ4n) is 3.41. The van der Waals surface area contributed by atoms with Crippen molar-refractivity contribution in [3.8, 4) is 0 Å². The van der Waals surface area contributed by atoms with Crippen LogP contribution in [-0.2, 0) is 20.8 Å². The molecule has 2 heterocycles. The number of ether oxygens (including phenoxy) is 2. The van der Waals surface area contributed by atoms with Gasteiger partial charge in [-0.3, -0.25) is 9.69 Å². The van der Waals surface area contributed by atoms with Crippen molar-refractivity contribution in [2.24, 2.45) is 0 Å². The average molecular weight is 387 g/mol. The van der Waals surface area contributed by atoms with Crippen molar-refractivity contribution in [3.63, 3.8) is 0 Å². The first kappa shape index (κ1) is 18.9. The smallest absolute Gasteiger partial charge is 0.236 e. The van der Waals surface area contributed by atoms with E-state index in [9.17, 15) is 4.79 Å². The lowest BCUT2D eigenvalue weighted by atomic mass is 10.0. The summed E-state index contributed by atoms with van der Waals surface area (Å²) in [6.45, 7) is 3.07. The Balaban J connectivity index is 1.58. The van der Waals surface area contributed by atoms with Gasteiger partial charge in [-0.1, -0.05) is 35.7 Å². The summed E-state index contributed by atoms with van der Waals surface area (Å²) in [5.41, 5.74) is 0.961. The second-order valence-electron chi connectivity index (χ2n) is 6.64. The molecule has 1 aromatic rings. The first-order valence-electron chi connectivity index (χ1n) is 8.70. The van der Waals surface area contributed by atoms with Gasteiger partial charge in [0.25, 0.3) is 0 Å². The number of piperidine rings is 1. The molecular weight excluding hydrogens is 363 g/mol. The number of likely N-dealkylation sites (tertiary alicyclic amines) is 1. The summed E-state index contributed by atoms with van der Waals surface area (Å²) in [7, 11) is 1.81. The minimum Gasteiger partial charge on any atom is -0.349 e. The molecule has 0 saturated carbocycles. The summed E-state index contributed by atoms with van der Waals surface area (Å²) >= 11 is 12.0. The Kier molecular flexibility index (Phi) is 6.58. The van der Waals surface area contributed by atoms with E-state index in [1.54, 1.807) is 17.0 Å². The van der Waals surface area contributed by atoms with Crippen molar-refractivity contribution in [3.05, 3.63) is 33.8 Å². The van der Waals surface area contributed by atoms with E-state index in [2.05, 4.69) is 4.90 Å². The molecule has 0 aliphatic carbocycles. The maximum atomic E-state index is 12.7. The second-order valence-corrected chi connectivity index (χ2v) is 7.46. The van der Waals surface area contributed by atoms with Gasteiger partial charge in [0.2, 0.25) is 5.91 Å². The summed E-state index contributed by atoms with van der Waals surface area (Å²) in [6.07, 6.45) is 3.06. The molecule has 0 radical (unpaired) electrons. The van der Waals surface area contributed by atoms with E-state index in [1.807, 2.05) is 13.1 Å². The molecule has 5 nitrogen and oxygen atoms in total. The molecule has 3 rings (SSSR count). The number of hydrogen-bond donors (Lipinski definition) is 0. The Bertz CT molecular complexity index is 608. The zero-order valence-electron chi connectivity index (χ0n) is 14.4. The Morgan fingerprint density at radius 2 is 2.00 bits per heavy atom. The minimum absolute atomic E-state index is 0.0796. The number of halogens is 2. The molecule has 1 unspecified atom stereocenters. The van der Waals surface area contributed by atoms with Gasteiger partial charge >= 0.3 is 0 Å². The zero-order chi connectivity index (χ0) is 17.8. The lowest BCUT2D eigenvalue weighted by Gasteiger charge is -2.38. The molecule has 0 N–H and O–H groups in total. The zero-order valence-corrected chi connectivity index (χ0v) is 15.9. The molecule has 1 atom stereocenters. The number of carbonyl (C=O) groups is 1. The molecule has 1 aromatic carbocycles. The topological polar surface area (TPSA) is 42.0 Å². The van der Waals surface area contributed by atoms with Crippen LogP contribution in [0.5, 0.6) is 0 Å². The van der Waals surface area contributed by atoms with E-state index in [0.29, 0.717) is 36.3 Å². The SMILES string of the molecule is CN(Cc1ccc(Cl)c(Cl)c1)C(=O)CN1CCCCC1C1OCCO1. The number of amides is 1. The van der Waals surface area contributed by atoms with Crippen LogP contribution in [0, 0.1) is 0 Å². The Morgan fingerprint density at radius 1 is 1.24 bits per heavy atom. The monoisotopic (exact) mass is 386 g/mol. The van der Waals surface area contributed by atoms with E-state index in [4.69, 9.17) is 32.7 Å². The molecule has 7 heteroatoms. The maximum Gasteiger partial charge on any atom is 0.236 e. The number of rotatable bonds is 5. The Morgan fingerprint density at radius 3 is 2.72 bits per heavy atom. The summed E-state index contributed by atoms with van der Waals surface area (Å²) in [5, 5.41) is 1.03. The van der Waals surface area contributed by atoms with Crippen LogP contribution < -0.4 is 0 Å². The van der Waals surface area contributed by atoms with Gasteiger partial charge in [-0.15, -0.1) is 0 Å². The molecule has 0 aromatic heterocycles. The number of nitrogens with zero attached hydrogens (tertiary/aromatic N) is 2. The van der Waals surface area contributed by atoms with Crippen LogP contribution in [0.25, 0.3) is 0 Å². The van der Waals surface area contributed by atoms with Crippen LogP contribution in [0.4, 0.5) is 0 Å². The van der Waals surface area contributed by atoms with Gasteiger partial charge in [0.1, 0.15) is 0 Å². The van der Waals surface area contributed by atoms with E-state index in [-0.39, 0.29) is 18.2 Å². The van der Waals surface area contributed by atoms with E-state index in [0.717, 1.165) is 31.4 Å². The van der Waals surface area contributed by atoms with Crippen molar-refractivity contribution in [1.82, 2.24) is 9.80 Å². The highest BCUT2D eigenvalue weighted by Crippen LogP contribution is 2.25. The highest BCUT2D eigenvalue weighted by atomic mass is 35.5. The Labute approximate surface area is 158 Å². The van der Waals surface area contributed by atoms with Gasteiger partial charge in [0.15, 0.2) is 6.29 Å². The van der Waals surface area contributed by atoms with Gasteiger partial charge in [0, 0.05) is 13.6 Å². The molecule has 0 spiro atoms. The van der Waals surface area contributed by atoms with Gasteiger partial charge in [-0.2, -0.15) is 0 Å². The molecule has 2 fully saturated rings. The number of hydrogen-bond acceptors (Lipinski definition) is 4. The summed E-state index contributed by atoms with van der Waals surface area (Å²) in [5.74, 6) is 0.0796. The van der Waals surface area contributed by atoms with Crippen LogP contribution in [0.15, 0.2) is 18.2 Å². The molecule has 2 saturated heterocycles. The van der Waals surface area contributed by atoms with E-state index < -0.39 is 0 Å². The van der Waals surface area contributed by atoms with Crippen LogP contribution in [-0.4, -0.2) is 61.4 Å². The second kappa shape index (κ2) is 8.69. The van der Waals surface area contributed by atoms with Crippen LogP contribution in [0.3, 0.4) is 0 Å². The van der Waals surface area contributed by atoms with Crippen molar-refractivity contribution in [2.75, 3.05) is 33.4 Å². The lowest BCUT2D eigenvalue weighted by molar-refractivity contribution is -0.139. The van der Waals surface area contributed by atoms with Crippen molar-refractivity contribution in [2.45, 2.75) is 38.1 Å². The highest BCUT2D eigenvalue weighted by Gasteiger charge is 2.34. The molecule has 25 heavy (non-hydrogen) atoms. The third-order valence-electron chi connectivity index (χ3n) is 4.79. The molecule has 2 aliphatic heterocycles. The standard InChI is InChI=1S/C18H24Cl2N2O3/c1-21(11-13-5-6-14(19)15(20)10-13)17(23)12-22-7-3-2-4-16(22)18-24-8-9-25-18/h5-6,10,16,18H,2-4,7-9,11-12H2,1H3. The first-order chi connectivity index (χ1) is 12.0. The normalized spacial score (nSPS) is 22.3. The summed E-state index contributed by atoms with van der Waals surface area (Å²) in [6, 6.07) is 5.62. The van der Waals surface area contributed by atoms with Crippen LogP contribution in [0.2, 0.25) is 10.0 Å². The molecule has 2 aliphatic rings. The Hall–Kier alpha value is -0.850. The average Bonchev–Trinajstić information content (AvgIpc) is 3.13. The number of carbonyl (C=O) groups excluding carboxylic acids is 1. The molecule has 0 bridgehead atoms. The van der Waals surface area contributed by atoms with E-state index in [1.165, 1.54) is 0 Å². The molecule has 138 valence electrons. The van der Waals surface area contributed by atoms with Gasteiger partial charge < -0.3 is 14.4 Å². The first-order valence-corrected chi connectivity index (χ1v) is 9.45. The van der Waals surface area contributed by atoms with Gasteiger partial charge in [-0.25, -0.2) is 0 Å². The van der Waals surface area contributed by atoms with Crippen LogP contribution >= 0.6 is 23.2 Å². The predicted molar refractivity (Wildman–Crippen MR) is 97.8 cm³/mol. The quantitative estimate of drug-likeness (QED) is 0.779. The summed E-state index contributed by atoms with van der Waals surface area (Å²) in [4.78, 5) is 16.6. The fourth-order valence-corrected chi connectivity index (χ4v) is 3.74. The maximum absolute atomic E-state index is 12.7. The summed E-state index contributed by atoms with van der Waals surface area (Å²) < 4.78 is 11.3. The highest BCUT2D eigenvalue weighted by molar-refractivity contribution is 6.42. The number of benzene rings is 1. The minimum atomic E-state index is -0.200. The van der Waals surface area contributed by atoms with Crippen molar-refractivity contribution < 1.29 is 14.3 Å². The lowest BCUT2D eigenvalue weighted by Crippen LogP contribution is -2.51. The third kappa shape index (κ3) is 4.86.